The standard InChI is InChI=1S/C26H32/c1-4-7-18-26(25-16-11-9-14-23(25)12-5-2)19-17-22-13-8-10-15-24(22)21(6-3)20-26/h2,7-8,10,13-15,17-19,21,25H,4,6,9,11-12,16,20H2,1,3H3. The number of hydrogen-bond acceptors (Lipinski definition) is 0. The summed E-state index contributed by atoms with van der Waals surface area (Å²) >= 11 is 0. The summed E-state index contributed by atoms with van der Waals surface area (Å²) < 4.78 is 0. The first-order valence-electron chi connectivity index (χ1n) is 10.3. The van der Waals surface area contributed by atoms with Gasteiger partial charge in [0.05, 0.1) is 0 Å². The Hall–Kier alpha value is -2.00. The Balaban J connectivity index is 2.09. The van der Waals surface area contributed by atoms with E-state index >= 15 is 0 Å². The van der Waals surface area contributed by atoms with Crippen LogP contribution < -0.4 is 0 Å². The Labute approximate surface area is 160 Å². The molecule has 2 aliphatic carbocycles. The molecule has 136 valence electrons. The van der Waals surface area contributed by atoms with Crippen LogP contribution in [0.2, 0.25) is 0 Å². The summed E-state index contributed by atoms with van der Waals surface area (Å²) in [5.41, 5.74) is 4.48. The second-order valence-corrected chi connectivity index (χ2v) is 7.84. The molecule has 1 aromatic carbocycles. The van der Waals surface area contributed by atoms with Crippen LogP contribution in [0.25, 0.3) is 6.08 Å². The molecule has 0 nitrogen and oxygen atoms in total. The largest absolute Gasteiger partial charge is 0.120 e. The second-order valence-electron chi connectivity index (χ2n) is 7.84. The van der Waals surface area contributed by atoms with E-state index in [4.69, 9.17) is 6.42 Å². The zero-order valence-corrected chi connectivity index (χ0v) is 16.4. The lowest BCUT2D eigenvalue weighted by Crippen LogP contribution is -2.31. The first kappa shape index (κ1) is 18.8. The number of terminal acetylenes is 1. The third-order valence-electron chi connectivity index (χ3n) is 6.27. The summed E-state index contributed by atoms with van der Waals surface area (Å²) in [6.45, 7) is 4.57. The minimum Gasteiger partial charge on any atom is -0.120 e. The minimum absolute atomic E-state index is 0.0822. The number of allylic oxidation sites excluding steroid dienone is 5. The lowest BCUT2D eigenvalue weighted by atomic mass is 9.63. The highest BCUT2D eigenvalue weighted by Gasteiger charge is 2.40. The van der Waals surface area contributed by atoms with Crippen molar-refractivity contribution in [3.05, 3.63) is 65.3 Å². The van der Waals surface area contributed by atoms with Crippen molar-refractivity contribution in [2.45, 2.75) is 64.7 Å². The fraction of sp³-hybridized carbons (Fsp3) is 0.462. The molecule has 0 saturated carbocycles. The molecule has 0 aliphatic heterocycles. The van der Waals surface area contributed by atoms with Crippen molar-refractivity contribution in [2.24, 2.45) is 11.3 Å². The molecule has 3 atom stereocenters. The maximum absolute atomic E-state index is 5.72. The lowest BCUT2D eigenvalue weighted by molar-refractivity contribution is 0.264. The summed E-state index contributed by atoms with van der Waals surface area (Å²) in [5.74, 6) is 4.05. The molecule has 0 bridgehead atoms. The van der Waals surface area contributed by atoms with Crippen LogP contribution in [0, 0.1) is 23.7 Å². The van der Waals surface area contributed by atoms with Gasteiger partial charge in [0.2, 0.25) is 0 Å². The molecule has 1 aromatic rings. The van der Waals surface area contributed by atoms with Crippen molar-refractivity contribution in [3.8, 4) is 12.3 Å². The van der Waals surface area contributed by atoms with E-state index in [1.54, 1.807) is 0 Å². The van der Waals surface area contributed by atoms with Crippen molar-refractivity contribution in [3.63, 3.8) is 0 Å². The number of benzene rings is 1. The lowest BCUT2D eigenvalue weighted by Gasteiger charge is -2.41. The van der Waals surface area contributed by atoms with E-state index in [0.29, 0.717) is 11.8 Å². The maximum Gasteiger partial charge on any atom is 0.0299 e. The van der Waals surface area contributed by atoms with Crippen LogP contribution in [0.1, 0.15) is 75.8 Å². The van der Waals surface area contributed by atoms with Gasteiger partial charge in [-0.15, -0.1) is 12.3 Å². The van der Waals surface area contributed by atoms with E-state index in [9.17, 15) is 0 Å². The van der Waals surface area contributed by atoms with Crippen molar-refractivity contribution >= 4 is 6.08 Å². The third kappa shape index (κ3) is 3.73. The molecule has 0 spiro atoms. The highest BCUT2D eigenvalue weighted by atomic mass is 14.4. The van der Waals surface area contributed by atoms with Crippen molar-refractivity contribution in [1.82, 2.24) is 0 Å². The topological polar surface area (TPSA) is 0 Å². The first-order chi connectivity index (χ1) is 12.7. The Morgan fingerprint density at radius 1 is 1.27 bits per heavy atom. The maximum atomic E-state index is 5.72. The van der Waals surface area contributed by atoms with Gasteiger partial charge < -0.3 is 0 Å². The normalized spacial score (nSPS) is 28.3. The zero-order chi connectivity index (χ0) is 18.4. The molecule has 2 aliphatic rings. The SMILES string of the molecule is C#CCC1=CCCCC1C1(C=CCC)C=Cc2ccccc2C(CC)C1. The summed E-state index contributed by atoms with van der Waals surface area (Å²) in [6.07, 6.45) is 25.9. The van der Waals surface area contributed by atoms with Gasteiger partial charge in [0, 0.05) is 11.8 Å². The second kappa shape index (κ2) is 8.59. The molecule has 0 heterocycles. The van der Waals surface area contributed by atoms with Crippen LogP contribution >= 0.6 is 0 Å². The number of fused-ring (bicyclic) bond motifs is 1. The monoisotopic (exact) mass is 344 g/mol. The molecule has 3 unspecified atom stereocenters. The van der Waals surface area contributed by atoms with Crippen LogP contribution in [0.4, 0.5) is 0 Å². The fourth-order valence-electron chi connectivity index (χ4n) is 4.95. The number of rotatable bonds is 5. The summed E-state index contributed by atoms with van der Waals surface area (Å²) in [5, 5.41) is 0. The molecular weight excluding hydrogens is 312 g/mol. The quantitative estimate of drug-likeness (QED) is 0.388. The zero-order valence-electron chi connectivity index (χ0n) is 16.4. The van der Waals surface area contributed by atoms with Gasteiger partial charge in [-0.05, 0) is 61.5 Å². The Morgan fingerprint density at radius 2 is 2.12 bits per heavy atom. The average Bonchev–Trinajstić information content (AvgIpc) is 2.85. The Bertz CT molecular complexity index is 740. The van der Waals surface area contributed by atoms with Gasteiger partial charge in [-0.3, -0.25) is 0 Å². The van der Waals surface area contributed by atoms with E-state index in [1.165, 1.54) is 48.8 Å². The molecule has 0 heteroatoms. The van der Waals surface area contributed by atoms with E-state index in [-0.39, 0.29) is 5.41 Å². The minimum atomic E-state index is 0.0822. The van der Waals surface area contributed by atoms with Crippen LogP contribution in [-0.4, -0.2) is 0 Å². The highest BCUT2D eigenvalue weighted by molar-refractivity contribution is 5.58. The van der Waals surface area contributed by atoms with Gasteiger partial charge in [0.25, 0.3) is 0 Å². The van der Waals surface area contributed by atoms with Gasteiger partial charge in [0.15, 0.2) is 0 Å². The smallest absolute Gasteiger partial charge is 0.0299 e. The van der Waals surface area contributed by atoms with Crippen LogP contribution in [0.3, 0.4) is 0 Å². The summed E-state index contributed by atoms with van der Waals surface area (Å²) in [6, 6.07) is 8.95. The van der Waals surface area contributed by atoms with Crippen LogP contribution in [0.15, 0.2) is 54.1 Å². The summed E-state index contributed by atoms with van der Waals surface area (Å²) in [7, 11) is 0. The molecule has 0 amide bonds. The van der Waals surface area contributed by atoms with E-state index in [2.05, 4.69) is 74.4 Å². The van der Waals surface area contributed by atoms with Gasteiger partial charge in [-0.2, -0.15) is 0 Å². The van der Waals surface area contributed by atoms with Gasteiger partial charge in [-0.25, -0.2) is 0 Å². The third-order valence-corrected chi connectivity index (χ3v) is 6.27. The van der Waals surface area contributed by atoms with Gasteiger partial charge in [-0.1, -0.05) is 74.1 Å². The molecule has 0 radical (unpaired) electrons. The average molecular weight is 345 g/mol. The number of hydrogen-bond donors (Lipinski definition) is 0. The Morgan fingerprint density at radius 3 is 2.88 bits per heavy atom. The molecule has 0 fully saturated rings. The highest BCUT2D eigenvalue weighted by Crippen LogP contribution is 2.51. The van der Waals surface area contributed by atoms with Gasteiger partial charge >= 0.3 is 0 Å². The molecule has 0 N–H and O–H groups in total. The predicted octanol–water partition coefficient (Wildman–Crippen LogP) is 7.30. The van der Waals surface area contributed by atoms with E-state index in [1.807, 2.05) is 0 Å². The molecule has 0 aromatic heterocycles. The molecule has 0 saturated heterocycles. The van der Waals surface area contributed by atoms with E-state index < -0.39 is 0 Å². The van der Waals surface area contributed by atoms with Gasteiger partial charge in [0.1, 0.15) is 0 Å². The Kier molecular flexibility index (Phi) is 6.20. The summed E-state index contributed by atoms with van der Waals surface area (Å²) in [4.78, 5) is 0. The first-order valence-corrected chi connectivity index (χ1v) is 10.3. The van der Waals surface area contributed by atoms with Crippen LogP contribution in [0.5, 0.6) is 0 Å². The van der Waals surface area contributed by atoms with Crippen LogP contribution in [-0.2, 0) is 0 Å². The molecule has 26 heavy (non-hydrogen) atoms. The van der Waals surface area contributed by atoms with Crippen molar-refractivity contribution in [1.29, 1.82) is 0 Å². The van der Waals surface area contributed by atoms with Crippen molar-refractivity contribution in [2.75, 3.05) is 0 Å². The fourth-order valence-corrected chi connectivity index (χ4v) is 4.95. The predicted molar refractivity (Wildman–Crippen MR) is 114 cm³/mol. The molecular formula is C26H32. The van der Waals surface area contributed by atoms with Crippen molar-refractivity contribution < 1.29 is 0 Å². The molecule has 3 rings (SSSR count). The van der Waals surface area contributed by atoms with E-state index in [0.717, 1.165) is 12.8 Å².